The second kappa shape index (κ2) is 6.86. The summed E-state index contributed by atoms with van der Waals surface area (Å²) in [7, 11) is -5.53. The molecule has 25 heavy (non-hydrogen) atoms. The fraction of sp³-hybridized carbons (Fsp3) is 0. The summed E-state index contributed by atoms with van der Waals surface area (Å²) in [6, 6.07) is 8.68. The molecule has 2 rings (SSSR count). The number of oxime groups is 1. The number of rotatable bonds is 4. The van der Waals surface area contributed by atoms with Crippen LogP contribution in [-0.4, -0.2) is 14.1 Å². The predicted octanol–water partition coefficient (Wildman–Crippen LogP) is 3.02. The molecule has 0 aromatic heterocycles. The van der Waals surface area contributed by atoms with Crippen molar-refractivity contribution in [3.63, 3.8) is 0 Å². The summed E-state index contributed by atoms with van der Waals surface area (Å²) in [5, 5.41) is 11.8. The molecule has 5 nitrogen and oxygen atoms in total. The first-order chi connectivity index (χ1) is 11.7. The minimum atomic E-state index is -5.53. The molecule has 11 heteroatoms. The quantitative estimate of drug-likeness (QED) is 0.270. The molecule has 2 aromatic rings. The van der Waals surface area contributed by atoms with Gasteiger partial charge in [-0.05, 0) is 0 Å². The number of halogens is 5. The van der Waals surface area contributed by atoms with Crippen molar-refractivity contribution in [2.45, 2.75) is 4.90 Å². The molecule has 0 atom stereocenters. The van der Waals surface area contributed by atoms with Crippen LogP contribution in [0.2, 0.25) is 0 Å². The fourth-order valence-corrected chi connectivity index (χ4v) is 2.53. The standard InChI is InChI=1S/C14H5F5N2O3S/c15-9-10(16)12(18)14(13(19)11(9)17)25(22,23)24-21-8(6-20)7-4-2-1-3-5-7/h1-5H. The largest absolute Gasteiger partial charge is 0.364 e. The number of benzene rings is 2. The SMILES string of the molecule is N#CC(=NOS(=O)(=O)c1c(F)c(F)c(F)c(F)c1F)c1ccccc1. The molecule has 0 radical (unpaired) electrons. The van der Waals surface area contributed by atoms with Gasteiger partial charge < -0.3 is 0 Å². The molecule has 0 spiro atoms. The normalized spacial score (nSPS) is 11.9. The van der Waals surface area contributed by atoms with Gasteiger partial charge in [0.05, 0.1) is 0 Å². The average molecular weight is 376 g/mol. The first kappa shape index (κ1) is 18.3. The summed E-state index contributed by atoms with van der Waals surface area (Å²) in [6.45, 7) is 0. The first-order valence-corrected chi connectivity index (χ1v) is 7.60. The van der Waals surface area contributed by atoms with Gasteiger partial charge in [-0.2, -0.15) is 13.7 Å². The zero-order valence-electron chi connectivity index (χ0n) is 11.8. The van der Waals surface area contributed by atoms with Crippen LogP contribution in [0.5, 0.6) is 0 Å². The van der Waals surface area contributed by atoms with Gasteiger partial charge >= 0.3 is 10.1 Å². The molecule has 0 saturated carbocycles. The van der Waals surface area contributed by atoms with Crippen molar-refractivity contribution < 1.29 is 34.7 Å². The zero-order valence-corrected chi connectivity index (χ0v) is 12.6. The zero-order chi connectivity index (χ0) is 18.8. The summed E-state index contributed by atoms with van der Waals surface area (Å²) < 4.78 is 93.7. The molecule has 0 saturated heterocycles. The minimum absolute atomic E-state index is 0.0950. The van der Waals surface area contributed by atoms with E-state index in [0.29, 0.717) is 0 Å². The van der Waals surface area contributed by atoms with Crippen molar-refractivity contribution in [2.75, 3.05) is 0 Å². The Morgan fingerprint density at radius 3 is 1.88 bits per heavy atom. The molecule has 130 valence electrons. The molecule has 0 aliphatic rings. The minimum Gasteiger partial charge on any atom is -0.263 e. The van der Waals surface area contributed by atoms with Gasteiger partial charge in [0.25, 0.3) is 0 Å². The monoisotopic (exact) mass is 376 g/mol. The second-order valence-corrected chi connectivity index (χ2v) is 5.81. The molecule has 0 bridgehead atoms. The van der Waals surface area contributed by atoms with E-state index < -0.39 is 49.8 Å². The van der Waals surface area contributed by atoms with Crippen LogP contribution in [0.3, 0.4) is 0 Å². The van der Waals surface area contributed by atoms with E-state index in [-0.39, 0.29) is 5.56 Å². The van der Waals surface area contributed by atoms with Crippen LogP contribution in [0, 0.1) is 40.4 Å². The van der Waals surface area contributed by atoms with E-state index in [0.717, 1.165) is 0 Å². The molecular weight excluding hydrogens is 371 g/mol. The van der Waals surface area contributed by atoms with E-state index in [1.165, 1.54) is 30.3 Å². The van der Waals surface area contributed by atoms with Crippen molar-refractivity contribution in [3.8, 4) is 6.07 Å². The predicted molar refractivity (Wildman–Crippen MR) is 73.1 cm³/mol. The van der Waals surface area contributed by atoms with Crippen molar-refractivity contribution in [3.05, 3.63) is 65.0 Å². The highest BCUT2D eigenvalue weighted by Crippen LogP contribution is 2.28. The number of nitriles is 1. The Balaban J connectivity index is 2.51. The highest BCUT2D eigenvalue weighted by atomic mass is 32.2. The highest BCUT2D eigenvalue weighted by molar-refractivity contribution is 7.86. The van der Waals surface area contributed by atoms with Crippen LogP contribution in [-0.2, 0) is 14.4 Å². The third-order valence-corrected chi connectivity index (χ3v) is 3.93. The van der Waals surface area contributed by atoms with Crippen LogP contribution in [0.4, 0.5) is 22.0 Å². The van der Waals surface area contributed by atoms with Crippen LogP contribution in [0.1, 0.15) is 5.56 Å². The maximum absolute atomic E-state index is 13.5. The van der Waals surface area contributed by atoms with Crippen LogP contribution < -0.4 is 0 Å². The third-order valence-electron chi connectivity index (χ3n) is 2.80. The lowest BCUT2D eigenvalue weighted by atomic mass is 10.1. The summed E-state index contributed by atoms with van der Waals surface area (Å²) in [5.74, 6) is -12.7. The molecule has 2 aromatic carbocycles. The summed E-state index contributed by atoms with van der Waals surface area (Å²) in [6.07, 6.45) is 0. The van der Waals surface area contributed by atoms with Crippen LogP contribution >= 0.6 is 0 Å². The van der Waals surface area contributed by atoms with E-state index in [4.69, 9.17) is 5.26 Å². The van der Waals surface area contributed by atoms with Crippen molar-refractivity contribution in [1.29, 1.82) is 5.26 Å². The Morgan fingerprint density at radius 2 is 1.40 bits per heavy atom. The van der Waals surface area contributed by atoms with E-state index in [1.807, 2.05) is 0 Å². The Hall–Kier alpha value is -3.00. The van der Waals surface area contributed by atoms with Crippen molar-refractivity contribution in [1.82, 2.24) is 0 Å². The Morgan fingerprint density at radius 1 is 0.920 bits per heavy atom. The second-order valence-electron chi connectivity index (χ2n) is 4.35. The fourth-order valence-electron chi connectivity index (χ4n) is 1.66. The average Bonchev–Trinajstić information content (AvgIpc) is 2.59. The Labute approximate surface area is 137 Å². The Bertz CT molecular complexity index is 972. The summed E-state index contributed by atoms with van der Waals surface area (Å²) in [4.78, 5) is -2.21. The molecule has 0 aliphatic heterocycles. The smallest absolute Gasteiger partial charge is 0.263 e. The molecular formula is C14H5F5N2O3S. The topological polar surface area (TPSA) is 79.5 Å². The third kappa shape index (κ3) is 3.43. The molecule has 0 N–H and O–H groups in total. The molecule has 0 amide bonds. The lowest BCUT2D eigenvalue weighted by molar-refractivity contribution is 0.318. The van der Waals surface area contributed by atoms with E-state index >= 15 is 0 Å². The van der Waals surface area contributed by atoms with Gasteiger partial charge in [0.1, 0.15) is 6.07 Å². The number of hydrogen-bond acceptors (Lipinski definition) is 5. The summed E-state index contributed by atoms with van der Waals surface area (Å²) in [5.41, 5.74) is -0.509. The van der Waals surface area contributed by atoms with Crippen LogP contribution in [0.15, 0.2) is 40.4 Å². The van der Waals surface area contributed by atoms with E-state index in [1.54, 1.807) is 6.07 Å². The summed E-state index contributed by atoms with van der Waals surface area (Å²) >= 11 is 0. The van der Waals surface area contributed by atoms with E-state index in [9.17, 15) is 30.4 Å². The lowest BCUT2D eigenvalue weighted by Crippen LogP contribution is -2.14. The molecule has 0 unspecified atom stereocenters. The van der Waals surface area contributed by atoms with E-state index in [2.05, 4.69) is 9.44 Å². The Kier molecular flexibility index (Phi) is 5.03. The number of hydrogen-bond donors (Lipinski definition) is 0. The maximum Gasteiger partial charge on any atom is 0.364 e. The van der Waals surface area contributed by atoms with Gasteiger partial charge in [0.2, 0.25) is 5.82 Å². The van der Waals surface area contributed by atoms with Gasteiger partial charge in [-0.1, -0.05) is 35.5 Å². The van der Waals surface area contributed by atoms with Crippen molar-refractivity contribution in [2.24, 2.45) is 5.16 Å². The van der Waals surface area contributed by atoms with Crippen molar-refractivity contribution >= 4 is 15.8 Å². The lowest BCUT2D eigenvalue weighted by Gasteiger charge is -2.07. The van der Waals surface area contributed by atoms with Gasteiger partial charge in [-0.15, -0.1) is 0 Å². The maximum atomic E-state index is 13.5. The van der Waals surface area contributed by atoms with Crippen LogP contribution in [0.25, 0.3) is 0 Å². The first-order valence-electron chi connectivity index (χ1n) is 6.19. The molecule has 0 fully saturated rings. The van der Waals surface area contributed by atoms with Gasteiger partial charge in [-0.25, -0.2) is 22.0 Å². The molecule has 0 heterocycles. The molecule has 0 aliphatic carbocycles. The van der Waals surface area contributed by atoms with Gasteiger partial charge in [-0.3, -0.25) is 4.28 Å². The van der Waals surface area contributed by atoms with Gasteiger partial charge in [0.15, 0.2) is 33.9 Å². The number of nitrogens with zero attached hydrogens (tertiary/aromatic N) is 2. The van der Waals surface area contributed by atoms with Gasteiger partial charge in [0, 0.05) is 5.56 Å². The highest BCUT2D eigenvalue weighted by Gasteiger charge is 2.35.